The van der Waals surface area contributed by atoms with Gasteiger partial charge in [-0.3, -0.25) is 9.59 Å². The van der Waals surface area contributed by atoms with Crippen LogP contribution < -0.4 is 5.32 Å². The Hall–Kier alpha value is -1.94. The van der Waals surface area contributed by atoms with E-state index in [4.69, 9.17) is 0 Å². The van der Waals surface area contributed by atoms with Crippen molar-refractivity contribution < 1.29 is 9.59 Å². The number of carbonyl (C=O) groups excluding carboxylic acids is 2. The summed E-state index contributed by atoms with van der Waals surface area (Å²) >= 11 is 1.44. The van der Waals surface area contributed by atoms with Crippen LogP contribution in [0.25, 0.3) is 0 Å². The van der Waals surface area contributed by atoms with Crippen molar-refractivity contribution in [3.05, 3.63) is 51.7 Å². The van der Waals surface area contributed by atoms with E-state index in [-0.39, 0.29) is 5.91 Å². The van der Waals surface area contributed by atoms with Gasteiger partial charge in [-0.25, -0.2) is 0 Å². The number of rotatable bonds is 4. The SMILES string of the molecule is CCc1ccsc1C(=O)Nc1ccc(C=O)cc1. The molecule has 0 saturated carbocycles. The number of anilines is 1. The number of amides is 1. The van der Waals surface area contributed by atoms with Gasteiger partial charge in [0.2, 0.25) is 0 Å². The lowest BCUT2D eigenvalue weighted by molar-refractivity contribution is 0.102. The predicted molar refractivity (Wildman–Crippen MR) is 73.5 cm³/mol. The van der Waals surface area contributed by atoms with Gasteiger partial charge < -0.3 is 5.32 Å². The summed E-state index contributed by atoms with van der Waals surface area (Å²) in [7, 11) is 0. The molecule has 0 bridgehead atoms. The van der Waals surface area contributed by atoms with Crippen molar-refractivity contribution in [2.45, 2.75) is 13.3 Å². The zero-order chi connectivity index (χ0) is 13.0. The number of thiophene rings is 1. The summed E-state index contributed by atoms with van der Waals surface area (Å²) in [5.74, 6) is -0.0966. The van der Waals surface area contributed by atoms with Crippen molar-refractivity contribution >= 4 is 29.2 Å². The van der Waals surface area contributed by atoms with Crippen molar-refractivity contribution in [3.8, 4) is 0 Å². The lowest BCUT2D eigenvalue weighted by Crippen LogP contribution is -2.11. The van der Waals surface area contributed by atoms with Gasteiger partial charge in [-0.1, -0.05) is 6.92 Å². The highest BCUT2D eigenvalue weighted by molar-refractivity contribution is 7.12. The molecule has 92 valence electrons. The molecule has 0 radical (unpaired) electrons. The van der Waals surface area contributed by atoms with Crippen LogP contribution in [-0.4, -0.2) is 12.2 Å². The molecule has 1 amide bonds. The van der Waals surface area contributed by atoms with E-state index in [2.05, 4.69) is 5.32 Å². The zero-order valence-corrected chi connectivity index (χ0v) is 10.8. The van der Waals surface area contributed by atoms with Crippen LogP contribution in [0.4, 0.5) is 5.69 Å². The molecule has 0 saturated heterocycles. The van der Waals surface area contributed by atoms with Crippen LogP contribution in [0.15, 0.2) is 35.7 Å². The Kier molecular flexibility index (Phi) is 3.89. The van der Waals surface area contributed by atoms with E-state index in [1.54, 1.807) is 24.3 Å². The number of carbonyl (C=O) groups is 2. The van der Waals surface area contributed by atoms with E-state index in [0.29, 0.717) is 11.3 Å². The molecule has 18 heavy (non-hydrogen) atoms. The molecular weight excluding hydrogens is 246 g/mol. The van der Waals surface area contributed by atoms with Crippen LogP contribution in [0.5, 0.6) is 0 Å². The molecule has 0 fully saturated rings. The molecule has 0 spiro atoms. The Labute approximate surface area is 109 Å². The quantitative estimate of drug-likeness (QED) is 0.856. The van der Waals surface area contributed by atoms with Crippen LogP contribution in [-0.2, 0) is 6.42 Å². The second-order valence-electron chi connectivity index (χ2n) is 3.82. The molecule has 1 aromatic carbocycles. The normalized spacial score (nSPS) is 10.1. The van der Waals surface area contributed by atoms with Crippen molar-refractivity contribution in [1.29, 1.82) is 0 Å². The van der Waals surface area contributed by atoms with E-state index in [9.17, 15) is 9.59 Å². The summed E-state index contributed by atoms with van der Waals surface area (Å²) in [5, 5.41) is 4.75. The van der Waals surface area contributed by atoms with Crippen LogP contribution in [0.3, 0.4) is 0 Å². The van der Waals surface area contributed by atoms with E-state index >= 15 is 0 Å². The Balaban J connectivity index is 2.13. The van der Waals surface area contributed by atoms with Crippen molar-refractivity contribution in [3.63, 3.8) is 0 Å². The van der Waals surface area contributed by atoms with Crippen molar-refractivity contribution in [2.24, 2.45) is 0 Å². The molecule has 4 heteroatoms. The van der Waals surface area contributed by atoms with Gasteiger partial charge in [0.25, 0.3) is 5.91 Å². The smallest absolute Gasteiger partial charge is 0.266 e. The van der Waals surface area contributed by atoms with Crippen LogP contribution in [0.2, 0.25) is 0 Å². The molecule has 2 aromatic rings. The van der Waals surface area contributed by atoms with Crippen molar-refractivity contribution in [1.82, 2.24) is 0 Å². The maximum atomic E-state index is 12.0. The Morgan fingerprint density at radius 3 is 2.61 bits per heavy atom. The van der Waals surface area contributed by atoms with E-state index in [1.165, 1.54) is 11.3 Å². The summed E-state index contributed by atoms with van der Waals surface area (Å²) in [6.07, 6.45) is 1.62. The minimum Gasteiger partial charge on any atom is -0.321 e. The first kappa shape index (κ1) is 12.5. The maximum absolute atomic E-state index is 12.0. The first-order valence-electron chi connectivity index (χ1n) is 5.67. The number of aldehydes is 1. The van der Waals surface area contributed by atoms with Gasteiger partial charge >= 0.3 is 0 Å². The number of hydrogen-bond donors (Lipinski definition) is 1. The molecule has 1 heterocycles. The molecule has 0 unspecified atom stereocenters. The average molecular weight is 259 g/mol. The Morgan fingerprint density at radius 1 is 1.28 bits per heavy atom. The molecule has 0 atom stereocenters. The molecular formula is C14H13NO2S. The fourth-order valence-electron chi connectivity index (χ4n) is 1.65. The lowest BCUT2D eigenvalue weighted by atomic mass is 10.2. The number of aryl methyl sites for hydroxylation is 1. The first-order valence-corrected chi connectivity index (χ1v) is 6.55. The van der Waals surface area contributed by atoms with Gasteiger partial charge in [-0.15, -0.1) is 11.3 Å². The summed E-state index contributed by atoms with van der Waals surface area (Å²) in [5.41, 5.74) is 2.35. The third-order valence-corrected chi connectivity index (χ3v) is 3.59. The topological polar surface area (TPSA) is 46.2 Å². The number of benzene rings is 1. The minimum atomic E-state index is -0.0966. The molecule has 1 aromatic heterocycles. The van der Waals surface area contributed by atoms with E-state index in [1.807, 2.05) is 18.4 Å². The third-order valence-electron chi connectivity index (χ3n) is 2.64. The second kappa shape index (κ2) is 5.60. The van der Waals surface area contributed by atoms with Gasteiger partial charge in [-0.2, -0.15) is 0 Å². The molecule has 2 rings (SSSR count). The maximum Gasteiger partial charge on any atom is 0.266 e. The first-order chi connectivity index (χ1) is 8.74. The summed E-state index contributed by atoms with van der Waals surface area (Å²) in [6.45, 7) is 2.03. The predicted octanol–water partition coefficient (Wildman–Crippen LogP) is 3.38. The molecule has 3 nitrogen and oxygen atoms in total. The largest absolute Gasteiger partial charge is 0.321 e. The standard InChI is InChI=1S/C14H13NO2S/c1-2-11-7-8-18-13(11)14(17)15-12-5-3-10(9-16)4-6-12/h3-9H,2H2,1H3,(H,15,17). The van der Waals surface area contributed by atoms with Gasteiger partial charge in [0.15, 0.2) is 0 Å². The van der Waals surface area contributed by atoms with Crippen LogP contribution >= 0.6 is 11.3 Å². The van der Waals surface area contributed by atoms with Crippen LogP contribution in [0.1, 0.15) is 32.5 Å². The minimum absolute atomic E-state index is 0.0966. The number of hydrogen-bond acceptors (Lipinski definition) is 3. The van der Waals surface area contributed by atoms with Gasteiger partial charge in [0, 0.05) is 11.3 Å². The lowest BCUT2D eigenvalue weighted by Gasteiger charge is -2.05. The van der Waals surface area contributed by atoms with E-state index in [0.717, 1.165) is 23.1 Å². The number of nitrogens with one attached hydrogen (secondary N) is 1. The molecule has 0 aliphatic heterocycles. The Morgan fingerprint density at radius 2 is 2.00 bits per heavy atom. The fourth-order valence-corrected chi connectivity index (χ4v) is 2.54. The van der Waals surface area contributed by atoms with Gasteiger partial charge in [0.1, 0.15) is 6.29 Å². The van der Waals surface area contributed by atoms with Gasteiger partial charge in [0.05, 0.1) is 4.88 Å². The summed E-state index contributed by atoms with van der Waals surface area (Å²) in [6, 6.07) is 8.77. The molecule has 1 N–H and O–H groups in total. The zero-order valence-electron chi connectivity index (χ0n) is 9.97. The average Bonchev–Trinajstić information content (AvgIpc) is 2.88. The molecule has 0 aliphatic carbocycles. The van der Waals surface area contributed by atoms with Crippen molar-refractivity contribution in [2.75, 3.05) is 5.32 Å². The molecule has 0 aliphatic rings. The van der Waals surface area contributed by atoms with Crippen LogP contribution in [0, 0.1) is 0 Å². The highest BCUT2D eigenvalue weighted by Crippen LogP contribution is 2.19. The van der Waals surface area contributed by atoms with E-state index < -0.39 is 0 Å². The monoisotopic (exact) mass is 259 g/mol. The van der Waals surface area contributed by atoms with Gasteiger partial charge in [-0.05, 0) is 47.7 Å². The third kappa shape index (κ3) is 2.65. The second-order valence-corrected chi connectivity index (χ2v) is 4.74. The Bertz CT molecular complexity index is 557. The highest BCUT2D eigenvalue weighted by atomic mass is 32.1. The highest BCUT2D eigenvalue weighted by Gasteiger charge is 2.11. The summed E-state index contributed by atoms with van der Waals surface area (Å²) < 4.78 is 0. The fraction of sp³-hybridized carbons (Fsp3) is 0.143. The summed E-state index contributed by atoms with van der Waals surface area (Å²) in [4.78, 5) is 23.3.